The molecule has 7 heteroatoms. The van der Waals surface area contributed by atoms with Crippen LogP contribution in [0.25, 0.3) is 0 Å². The lowest BCUT2D eigenvalue weighted by atomic mass is 9.48. The monoisotopic (exact) mass is 512 g/mol. The number of phenols is 1. The molecule has 6 rings (SSSR count). The zero-order valence-electron chi connectivity index (χ0n) is 23.3. The van der Waals surface area contributed by atoms with Crippen LogP contribution in [0.3, 0.4) is 0 Å². The minimum Gasteiger partial charge on any atom is -0.504 e. The molecule has 0 aromatic heterocycles. The molecule has 3 fully saturated rings. The third-order valence-electron chi connectivity index (χ3n) is 9.81. The number of methoxy groups -OCH3 is 1. The summed E-state index contributed by atoms with van der Waals surface area (Å²) in [6, 6.07) is 3.68. The average molecular weight is 513 g/mol. The normalized spacial score (nSPS) is 35.2. The molecule has 5 aliphatic rings. The number of carbonyl (C=O) groups excluding carboxylic acids is 1. The van der Waals surface area contributed by atoms with Gasteiger partial charge in [-0.15, -0.1) is 0 Å². The fourth-order valence-corrected chi connectivity index (χ4v) is 8.17. The predicted molar refractivity (Wildman–Crippen MR) is 141 cm³/mol. The lowest BCUT2D eigenvalue weighted by Crippen LogP contribution is -2.79. The molecular formula is C30H44N2O5. The van der Waals surface area contributed by atoms with Gasteiger partial charge in [0, 0.05) is 31.3 Å². The zero-order chi connectivity index (χ0) is 26.3. The fraction of sp³-hybridized carbons (Fsp3) is 0.767. The SMILES string of the molecule is CO[C@@]12CC[C@H](N[C@@H](C(=O)OC(C)(C)C)C(C)C)[C@@H]3Oc4c(O)ccc5c4[C@@]31CCN(CC1CC1)[C@@H]2C5. The summed E-state index contributed by atoms with van der Waals surface area (Å²) >= 11 is 0. The van der Waals surface area contributed by atoms with Gasteiger partial charge >= 0.3 is 5.97 Å². The highest BCUT2D eigenvalue weighted by atomic mass is 16.6. The second-order valence-electron chi connectivity index (χ2n) is 13.5. The van der Waals surface area contributed by atoms with E-state index in [1.165, 1.54) is 18.4 Å². The molecule has 1 aromatic rings. The smallest absolute Gasteiger partial charge is 0.323 e. The Morgan fingerprint density at radius 2 is 2.00 bits per heavy atom. The Labute approximate surface area is 221 Å². The van der Waals surface area contributed by atoms with Gasteiger partial charge < -0.3 is 19.3 Å². The molecule has 2 bridgehead atoms. The number of benzene rings is 1. The zero-order valence-corrected chi connectivity index (χ0v) is 23.3. The van der Waals surface area contributed by atoms with Crippen molar-refractivity contribution in [3.8, 4) is 11.5 Å². The predicted octanol–water partition coefficient (Wildman–Crippen LogP) is 3.93. The van der Waals surface area contributed by atoms with Crippen molar-refractivity contribution in [1.82, 2.24) is 10.2 Å². The Morgan fingerprint density at radius 3 is 2.65 bits per heavy atom. The average Bonchev–Trinajstić information content (AvgIpc) is 3.57. The number of hydrogen-bond acceptors (Lipinski definition) is 7. The molecule has 2 heterocycles. The molecular weight excluding hydrogens is 468 g/mol. The van der Waals surface area contributed by atoms with E-state index in [1.54, 1.807) is 6.07 Å². The van der Waals surface area contributed by atoms with Crippen molar-refractivity contribution >= 4 is 5.97 Å². The van der Waals surface area contributed by atoms with Crippen molar-refractivity contribution < 1.29 is 24.1 Å². The maximum atomic E-state index is 13.3. The largest absolute Gasteiger partial charge is 0.504 e. The molecule has 3 aliphatic carbocycles. The summed E-state index contributed by atoms with van der Waals surface area (Å²) in [5.74, 6) is 1.49. The summed E-state index contributed by atoms with van der Waals surface area (Å²) < 4.78 is 19.3. The van der Waals surface area contributed by atoms with Gasteiger partial charge in [0.05, 0.1) is 11.0 Å². The van der Waals surface area contributed by atoms with Crippen molar-refractivity contribution in [3.05, 3.63) is 23.3 Å². The number of ether oxygens (including phenoxy) is 3. The number of nitrogens with one attached hydrogen (secondary N) is 1. The number of piperidine rings is 1. The van der Waals surface area contributed by atoms with Gasteiger partial charge in [0.25, 0.3) is 0 Å². The molecule has 1 spiro atoms. The Balaban J connectivity index is 1.40. The van der Waals surface area contributed by atoms with E-state index in [0.717, 1.165) is 50.3 Å². The number of likely N-dealkylation sites (tertiary alicyclic amines) is 1. The van der Waals surface area contributed by atoms with Crippen molar-refractivity contribution in [2.45, 2.75) is 114 Å². The van der Waals surface area contributed by atoms with Crippen molar-refractivity contribution in [3.63, 3.8) is 0 Å². The highest BCUT2D eigenvalue weighted by molar-refractivity contribution is 5.76. The molecule has 1 aromatic carbocycles. The van der Waals surface area contributed by atoms with Gasteiger partial charge in [-0.3, -0.25) is 15.0 Å². The first-order valence-electron chi connectivity index (χ1n) is 14.3. The van der Waals surface area contributed by atoms with Crippen molar-refractivity contribution in [2.24, 2.45) is 11.8 Å². The van der Waals surface area contributed by atoms with Crippen LogP contribution in [0.15, 0.2) is 12.1 Å². The quantitative estimate of drug-likeness (QED) is 0.536. The summed E-state index contributed by atoms with van der Waals surface area (Å²) in [6.07, 6.45) is 6.02. The summed E-state index contributed by atoms with van der Waals surface area (Å²) in [5, 5.41) is 14.7. The maximum Gasteiger partial charge on any atom is 0.323 e. The molecule has 204 valence electrons. The fourth-order valence-electron chi connectivity index (χ4n) is 8.17. The Bertz CT molecular complexity index is 1080. The van der Waals surface area contributed by atoms with E-state index in [2.05, 4.69) is 30.1 Å². The summed E-state index contributed by atoms with van der Waals surface area (Å²) in [5.41, 5.74) is 1.15. The number of aromatic hydroxyl groups is 1. The molecule has 2 N–H and O–H groups in total. The molecule has 2 saturated carbocycles. The van der Waals surface area contributed by atoms with Crippen molar-refractivity contribution in [2.75, 3.05) is 20.2 Å². The molecule has 0 unspecified atom stereocenters. The summed E-state index contributed by atoms with van der Waals surface area (Å²) in [7, 11) is 1.88. The van der Waals surface area contributed by atoms with Crippen LogP contribution in [0.1, 0.15) is 77.8 Å². The summed E-state index contributed by atoms with van der Waals surface area (Å²) in [6.45, 7) is 12.0. The van der Waals surface area contributed by atoms with E-state index < -0.39 is 11.6 Å². The maximum absolute atomic E-state index is 13.3. The molecule has 2 aliphatic heterocycles. The number of esters is 1. The third-order valence-corrected chi connectivity index (χ3v) is 9.81. The van der Waals surface area contributed by atoms with Crippen LogP contribution in [-0.4, -0.2) is 71.6 Å². The third kappa shape index (κ3) is 3.75. The van der Waals surface area contributed by atoms with E-state index in [1.807, 2.05) is 27.9 Å². The highest BCUT2D eigenvalue weighted by Crippen LogP contribution is 2.66. The second-order valence-corrected chi connectivity index (χ2v) is 13.5. The minimum absolute atomic E-state index is 0.0587. The van der Waals surface area contributed by atoms with Gasteiger partial charge in [-0.25, -0.2) is 0 Å². The summed E-state index contributed by atoms with van der Waals surface area (Å²) in [4.78, 5) is 16.0. The van der Waals surface area contributed by atoms with Crippen LogP contribution in [-0.2, 0) is 26.1 Å². The van der Waals surface area contributed by atoms with Crippen LogP contribution in [0.4, 0.5) is 0 Å². The first-order chi connectivity index (χ1) is 17.5. The molecule has 6 atom stereocenters. The highest BCUT2D eigenvalue weighted by Gasteiger charge is 2.74. The van der Waals surface area contributed by atoms with E-state index >= 15 is 0 Å². The van der Waals surface area contributed by atoms with Crippen LogP contribution >= 0.6 is 0 Å². The number of nitrogens with zero attached hydrogens (tertiary/aromatic N) is 1. The minimum atomic E-state index is -0.547. The Kier molecular flexibility index (Phi) is 5.91. The van der Waals surface area contributed by atoms with E-state index in [0.29, 0.717) is 5.75 Å². The second kappa shape index (κ2) is 8.59. The molecule has 7 nitrogen and oxygen atoms in total. The van der Waals surface area contributed by atoms with Crippen LogP contribution in [0, 0.1) is 11.8 Å². The van der Waals surface area contributed by atoms with E-state index in [4.69, 9.17) is 14.2 Å². The lowest BCUT2D eigenvalue weighted by molar-refractivity contribution is -0.208. The van der Waals surface area contributed by atoms with E-state index in [9.17, 15) is 9.90 Å². The van der Waals surface area contributed by atoms with Gasteiger partial charge in [0.1, 0.15) is 17.7 Å². The molecule has 37 heavy (non-hydrogen) atoms. The lowest BCUT2D eigenvalue weighted by Gasteiger charge is -2.66. The number of phenolic OH excluding ortho intramolecular Hbond substituents is 1. The van der Waals surface area contributed by atoms with Crippen LogP contribution < -0.4 is 10.1 Å². The number of rotatable bonds is 7. The number of carbonyl (C=O) groups is 1. The van der Waals surface area contributed by atoms with Crippen molar-refractivity contribution in [1.29, 1.82) is 0 Å². The molecule has 1 saturated heterocycles. The van der Waals surface area contributed by atoms with Gasteiger partial charge in [0.15, 0.2) is 11.5 Å². The van der Waals surface area contributed by atoms with Crippen LogP contribution in [0.5, 0.6) is 11.5 Å². The van der Waals surface area contributed by atoms with E-state index in [-0.39, 0.29) is 46.8 Å². The Morgan fingerprint density at radius 1 is 1.24 bits per heavy atom. The van der Waals surface area contributed by atoms with Gasteiger partial charge in [-0.05, 0) is 89.3 Å². The van der Waals surface area contributed by atoms with Gasteiger partial charge in [0.2, 0.25) is 0 Å². The van der Waals surface area contributed by atoms with Gasteiger partial charge in [-0.2, -0.15) is 0 Å². The first-order valence-corrected chi connectivity index (χ1v) is 14.3. The molecule has 0 radical (unpaired) electrons. The topological polar surface area (TPSA) is 80.3 Å². The first kappa shape index (κ1) is 25.4. The standard InChI is InChI=1S/C30H44N2O5/c1-17(2)24(27(34)37-28(3,4)5)31-20-11-12-30(35-6)22-15-19-9-10-21(33)25-23(19)29(30,26(20)36-25)13-14-32(22)16-18-7-8-18/h9-10,17-18,20,22,24,26,31,33H,7-8,11-16H2,1-6H3/t20-,22+,24+,26-,29-,30+/m0/s1. The molecule has 0 amide bonds. The number of hydrogen-bond donors (Lipinski definition) is 2. The van der Waals surface area contributed by atoms with Gasteiger partial charge in [-0.1, -0.05) is 19.9 Å². The Hall–Kier alpha value is -1.83. The van der Waals surface area contributed by atoms with Crippen LogP contribution in [0.2, 0.25) is 0 Å².